The highest BCUT2D eigenvalue weighted by Gasteiger charge is 2.17. The molecule has 0 saturated heterocycles. The topological polar surface area (TPSA) is 81.3 Å². The van der Waals surface area contributed by atoms with Gasteiger partial charge in [-0.3, -0.25) is 18.6 Å². The lowest BCUT2D eigenvalue weighted by molar-refractivity contribution is -0.113. The molecule has 2 aromatic heterocycles. The fourth-order valence-electron chi connectivity index (χ4n) is 3.15. The lowest BCUT2D eigenvalue weighted by Gasteiger charge is -2.10. The highest BCUT2D eigenvalue weighted by molar-refractivity contribution is 7.99. The monoisotopic (exact) mass is 411 g/mol. The first-order valence-corrected chi connectivity index (χ1v) is 10.1. The van der Waals surface area contributed by atoms with Crippen molar-refractivity contribution in [2.75, 3.05) is 11.1 Å². The number of hydrogen-bond acceptors (Lipinski definition) is 5. The Hall–Kier alpha value is -3.20. The van der Waals surface area contributed by atoms with Gasteiger partial charge in [-0.1, -0.05) is 36.9 Å². The van der Waals surface area contributed by atoms with E-state index in [0.717, 1.165) is 6.42 Å². The standard InChI is InChI=1S/C20H18FN5O2S/c1-2-10-25-18(28)15-8-3-4-9-16(15)26-19(25)23-24-20(26)29-12-17(27)22-14-7-5-6-13(21)11-14/h3-9,11H,2,10,12H2,1H3,(H,22,27). The van der Waals surface area contributed by atoms with E-state index in [9.17, 15) is 14.0 Å². The van der Waals surface area contributed by atoms with Crippen molar-refractivity contribution in [3.05, 3.63) is 64.7 Å². The van der Waals surface area contributed by atoms with E-state index < -0.39 is 5.82 Å². The van der Waals surface area contributed by atoms with E-state index in [-0.39, 0.29) is 17.2 Å². The molecule has 1 amide bonds. The number of thioether (sulfide) groups is 1. The van der Waals surface area contributed by atoms with Crippen LogP contribution in [0.3, 0.4) is 0 Å². The van der Waals surface area contributed by atoms with E-state index in [1.54, 1.807) is 21.1 Å². The number of halogens is 1. The van der Waals surface area contributed by atoms with Crippen molar-refractivity contribution in [1.82, 2.24) is 19.2 Å². The summed E-state index contributed by atoms with van der Waals surface area (Å²) in [7, 11) is 0. The van der Waals surface area contributed by atoms with Crippen molar-refractivity contribution in [3.8, 4) is 0 Å². The van der Waals surface area contributed by atoms with Crippen LogP contribution in [-0.2, 0) is 11.3 Å². The summed E-state index contributed by atoms with van der Waals surface area (Å²) in [4.78, 5) is 25.1. The maximum absolute atomic E-state index is 13.3. The van der Waals surface area contributed by atoms with Crippen molar-refractivity contribution in [3.63, 3.8) is 0 Å². The minimum Gasteiger partial charge on any atom is -0.325 e. The Kier molecular flexibility index (Phi) is 5.30. The quantitative estimate of drug-likeness (QED) is 0.492. The van der Waals surface area contributed by atoms with Gasteiger partial charge in [0.05, 0.1) is 16.7 Å². The fraction of sp³-hybridized carbons (Fsp3) is 0.200. The van der Waals surface area contributed by atoms with Crippen molar-refractivity contribution >= 4 is 40.0 Å². The third-order valence-corrected chi connectivity index (χ3v) is 5.30. The molecular weight excluding hydrogens is 393 g/mol. The van der Waals surface area contributed by atoms with Crippen LogP contribution in [0.5, 0.6) is 0 Å². The number of aryl methyl sites for hydroxylation is 1. The number of carbonyl (C=O) groups excluding carboxylic acids is 1. The average Bonchev–Trinajstić information content (AvgIpc) is 3.13. The summed E-state index contributed by atoms with van der Waals surface area (Å²) in [5.41, 5.74) is 0.976. The first-order valence-electron chi connectivity index (χ1n) is 9.13. The summed E-state index contributed by atoms with van der Waals surface area (Å²) < 4.78 is 16.7. The Morgan fingerprint density at radius 3 is 2.79 bits per heavy atom. The Morgan fingerprint density at radius 1 is 1.17 bits per heavy atom. The van der Waals surface area contributed by atoms with Gasteiger partial charge in [-0.2, -0.15) is 0 Å². The molecule has 0 aliphatic heterocycles. The number of rotatable bonds is 6. The van der Waals surface area contributed by atoms with Gasteiger partial charge in [0.1, 0.15) is 5.82 Å². The zero-order chi connectivity index (χ0) is 20.4. The van der Waals surface area contributed by atoms with Crippen LogP contribution in [0.4, 0.5) is 10.1 Å². The van der Waals surface area contributed by atoms with Crippen molar-refractivity contribution in [2.24, 2.45) is 0 Å². The first kappa shape index (κ1) is 19.1. The molecule has 0 radical (unpaired) electrons. The minimum atomic E-state index is -0.417. The largest absolute Gasteiger partial charge is 0.325 e. The first-order chi connectivity index (χ1) is 14.1. The van der Waals surface area contributed by atoms with Gasteiger partial charge in [-0.25, -0.2) is 4.39 Å². The highest BCUT2D eigenvalue weighted by Crippen LogP contribution is 2.22. The second kappa shape index (κ2) is 8.04. The van der Waals surface area contributed by atoms with E-state index in [1.807, 2.05) is 25.1 Å². The van der Waals surface area contributed by atoms with Gasteiger partial charge in [-0.05, 0) is 36.8 Å². The molecule has 9 heteroatoms. The van der Waals surface area contributed by atoms with Crippen molar-refractivity contribution < 1.29 is 9.18 Å². The SMILES string of the molecule is CCCn1c(=O)c2ccccc2n2c(SCC(=O)Nc3cccc(F)c3)nnc12. The number of amides is 1. The molecule has 0 atom stereocenters. The number of fused-ring (bicyclic) bond motifs is 3. The van der Waals surface area contributed by atoms with Crippen LogP contribution >= 0.6 is 11.8 Å². The smallest absolute Gasteiger partial charge is 0.262 e. The van der Waals surface area contributed by atoms with Crippen LogP contribution in [0.1, 0.15) is 13.3 Å². The Labute approximate surface area is 169 Å². The summed E-state index contributed by atoms with van der Waals surface area (Å²) in [6.45, 7) is 2.51. The molecule has 0 aliphatic rings. The number of aromatic nitrogens is 4. The number of nitrogens with one attached hydrogen (secondary N) is 1. The molecule has 148 valence electrons. The van der Waals surface area contributed by atoms with E-state index in [0.29, 0.717) is 34.1 Å². The summed E-state index contributed by atoms with van der Waals surface area (Å²) >= 11 is 1.20. The zero-order valence-electron chi connectivity index (χ0n) is 15.6. The predicted molar refractivity (Wildman–Crippen MR) is 111 cm³/mol. The lowest BCUT2D eigenvalue weighted by atomic mass is 10.2. The normalized spacial score (nSPS) is 11.2. The van der Waals surface area contributed by atoms with Gasteiger partial charge in [-0.15, -0.1) is 10.2 Å². The van der Waals surface area contributed by atoms with E-state index in [2.05, 4.69) is 15.5 Å². The van der Waals surface area contributed by atoms with E-state index in [4.69, 9.17) is 0 Å². The number of nitrogens with zero attached hydrogens (tertiary/aromatic N) is 4. The van der Waals surface area contributed by atoms with Gasteiger partial charge in [0.15, 0.2) is 5.16 Å². The maximum atomic E-state index is 13.3. The average molecular weight is 411 g/mol. The summed E-state index contributed by atoms with van der Waals surface area (Å²) in [6, 6.07) is 13.0. The molecule has 0 aliphatic carbocycles. The predicted octanol–water partition coefficient (Wildman–Crippen LogP) is 3.32. The summed E-state index contributed by atoms with van der Waals surface area (Å²) in [5.74, 6) is -0.190. The molecule has 2 aromatic carbocycles. The van der Waals surface area contributed by atoms with E-state index in [1.165, 1.54) is 30.0 Å². The molecular formula is C20H18FN5O2S. The highest BCUT2D eigenvalue weighted by atomic mass is 32.2. The van der Waals surface area contributed by atoms with Crippen LogP contribution in [0, 0.1) is 5.82 Å². The number of para-hydroxylation sites is 1. The van der Waals surface area contributed by atoms with Crippen LogP contribution in [-0.4, -0.2) is 30.8 Å². The third kappa shape index (κ3) is 3.73. The van der Waals surface area contributed by atoms with Gasteiger partial charge in [0.2, 0.25) is 11.7 Å². The summed E-state index contributed by atoms with van der Waals surface area (Å²) in [5, 5.41) is 12.1. The molecule has 0 saturated carbocycles. The molecule has 0 unspecified atom stereocenters. The van der Waals surface area contributed by atoms with Gasteiger partial charge in [0.25, 0.3) is 5.56 Å². The van der Waals surface area contributed by atoms with Crippen molar-refractivity contribution in [1.29, 1.82) is 0 Å². The molecule has 4 rings (SSSR count). The second-order valence-electron chi connectivity index (χ2n) is 6.44. The van der Waals surface area contributed by atoms with Crippen LogP contribution in [0.25, 0.3) is 16.7 Å². The summed E-state index contributed by atoms with van der Waals surface area (Å²) in [6.07, 6.45) is 0.777. The Bertz CT molecular complexity index is 1270. The van der Waals surface area contributed by atoms with Gasteiger partial charge in [0, 0.05) is 12.2 Å². The van der Waals surface area contributed by atoms with Crippen LogP contribution < -0.4 is 10.9 Å². The molecule has 0 fully saturated rings. The number of carbonyl (C=O) groups is 1. The Morgan fingerprint density at radius 2 is 2.00 bits per heavy atom. The molecule has 7 nitrogen and oxygen atoms in total. The zero-order valence-corrected chi connectivity index (χ0v) is 16.4. The molecule has 1 N–H and O–H groups in total. The molecule has 2 heterocycles. The Balaban J connectivity index is 1.66. The lowest BCUT2D eigenvalue weighted by Crippen LogP contribution is -2.23. The minimum absolute atomic E-state index is 0.0680. The van der Waals surface area contributed by atoms with Crippen LogP contribution in [0.15, 0.2) is 58.5 Å². The maximum Gasteiger partial charge on any atom is 0.262 e. The third-order valence-electron chi connectivity index (χ3n) is 4.37. The molecule has 29 heavy (non-hydrogen) atoms. The fourth-order valence-corrected chi connectivity index (χ4v) is 3.89. The molecule has 4 aromatic rings. The van der Waals surface area contributed by atoms with E-state index >= 15 is 0 Å². The van der Waals surface area contributed by atoms with Crippen molar-refractivity contribution in [2.45, 2.75) is 25.0 Å². The van der Waals surface area contributed by atoms with Gasteiger partial charge < -0.3 is 5.32 Å². The number of anilines is 1. The van der Waals surface area contributed by atoms with Gasteiger partial charge >= 0.3 is 0 Å². The molecule has 0 spiro atoms. The number of hydrogen-bond donors (Lipinski definition) is 1. The second-order valence-corrected chi connectivity index (χ2v) is 7.38. The molecule has 0 bridgehead atoms. The number of benzene rings is 2. The van der Waals surface area contributed by atoms with Crippen LogP contribution in [0.2, 0.25) is 0 Å².